The molecule has 1 aliphatic carbocycles. The van der Waals surface area contributed by atoms with Crippen LogP contribution in [0.15, 0.2) is 57.1 Å². The lowest BCUT2D eigenvalue weighted by Crippen LogP contribution is -2.26. The highest BCUT2D eigenvalue weighted by Gasteiger charge is 2.24. The van der Waals surface area contributed by atoms with Crippen molar-refractivity contribution in [3.63, 3.8) is 0 Å². The predicted octanol–water partition coefficient (Wildman–Crippen LogP) is 7.19. The van der Waals surface area contributed by atoms with Crippen LogP contribution in [0, 0.1) is 12.8 Å². The Morgan fingerprint density at radius 3 is 2.64 bits per heavy atom. The molecule has 0 aromatic heterocycles. The van der Waals surface area contributed by atoms with Crippen molar-refractivity contribution in [2.45, 2.75) is 85.1 Å². The Morgan fingerprint density at radius 2 is 1.91 bits per heavy atom. The molecule has 3 aliphatic rings. The zero-order valence-electron chi connectivity index (χ0n) is 21.2. The van der Waals surface area contributed by atoms with Crippen molar-refractivity contribution in [3.8, 4) is 0 Å². The van der Waals surface area contributed by atoms with Gasteiger partial charge in [-0.1, -0.05) is 57.5 Å². The van der Waals surface area contributed by atoms with Gasteiger partial charge in [0, 0.05) is 0 Å². The van der Waals surface area contributed by atoms with E-state index in [2.05, 4.69) is 80.3 Å². The maximum absolute atomic E-state index is 4.60. The smallest absolute Gasteiger partial charge is 0.111 e. The monoisotopic (exact) mass is 443 g/mol. The van der Waals surface area contributed by atoms with Gasteiger partial charge in [-0.25, -0.2) is 4.99 Å². The number of hydrogen-bond acceptors (Lipinski definition) is 3. The molecular weight excluding hydrogens is 402 g/mol. The topological polar surface area (TPSA) is 36.8 Å². The van der Waals surface area contributed by atoms with Gasteiger partial charge in [0.15, 0.2) is 0 Å². The molecule has 0 bridgehead atoms. The molecule has 1 fully saturated rings. The first-order chi connectivity index (χ1) is 16.0. The SMILES string of the molecule is CCCC(/C1=C/CCC2N=CN=C2/C(C)=C\1)=C(\c1cc(C2CCNCC2)ccc1C)C(C)C. The zero-order chi connectivity index (χ0) is 23.4. The molecule has 3 heteroatoms. The summed E-state index contributed by atoms with van der Waals surface area (Å²) in [6, 6.07) is 7.51. The maximum Gasteiger partial charge on any atom is 0.111 e. The van der Waals surface area contributed by atoms with E-state index in [1.54, 1.807) is 6.34 Å². The average Bonchev–Trinajstić information content (AvgIpc) is 3.26. The number of aryl methyl sites for hydroxylation is 1. The largest absolute Gasteiger partial charge is 0.317 e. The van der Waals surface area contributed by atoms with Gasteiger partial charge in [-0.15, -0.1) is 0 Å². The van der Waals surface area contributed by atoms with E-state index < -0.39 is 0 Å². The van der Waals surface area contributed by atoms with Crippen molar-refractivity contribution in [1.29, 1.82) is 0 Å². The number of nitrogens with zero attached hydrogens (tertiary/aromatic N) is 2. The van der Waals surface area contributed by atoms with Crippen molar-refractivity contribution in [1.82, 2.24) is 5.32 Å². The van der Waals surface area contributed by atoms with Crippen LogP contribution in [0.2, 0.25) is 0 Å². The fourth-order valence-corrected chi connectivity index (χ4v) is 5.73. The number of allylic oxidation sites excluding steroid dienone is 5. The number of benzene rings is 1. The zero-order valence-corrected chi connectivity index (χ0v) is 21.2. The molecule has 1 aromatic carbocycles. The van der Waals surface area contributed by atoms with Gasteiger partial charge in [-0.2, -0.15) is 0 Å². The molecule has 1 aromatic rings. The van der Waals surface area contributed by atoms with E-state index in [0.29, 0.717) is 11.8 Å². The third-order valence-corrected chi connectivity index (χ3v) is 7.45. The number of fused-ring (bicyclic) bond motifs is 1. The maximum atomic E-state index is 4.60. The van der Waals surface area contributed by atoms with Crippen molar-refractivity contribution >= 4 is 17.6 Å². The van der Waals surface area contributed by atoms with E-state index in [1.807, 2.05) is 0 Å². The molecule has 1 atom stereocenters. The minimum atomic E-state index is 0.242. The summed E-state index contributed by atoms with van der Waals surface area (Å²) in [5, 5.41) is 3.52. The molecule has 2 aliphatic heterocycles. The molecule has 2 heterocycles. The Kier molecular flexibility index (Phi) is 7.80. The highest BCUT2D eigenvalue weighted by atomic mass is 15.0. The van der Waals surface area contributed by atoms with E-state index in [9.17, 15) is 0 Å². The summed E-state index contributed by atoms with van der Waals surface area (Å²) in [6.45, 7) is 13.8. The highest BCUT2D eigenvalue weighted by molar-refractivity contribution is 6.10. The molecule has 0 amide bonds. The highest BCUT2D eigenvalue weighted by Crippen LogP contribution is 2.38. The van der Waals surface area contributed by atoms with E-state index in [-0.39, 0.29) is 6.04 Å². The lowest BCUT2D eigenvalue weighted by atomic mass is 9.80. The quantitative estimate of drug-likeness (QED) is 0.496. The second kappa shape index (κ2) is 10.8. The van der Waals surface area contributed by atoms with Crippen LogP contribution in [0.3, 0.4) is 0 Å². The second-order valence-electron chi connectivity index (χ2n) is 10.3. The normalized spacial score (nSPS) is 25.4. The second-order valence-corrected chi connectivity index (χ2v) is 10.3. The van der Waals surface area contributed by atoms with Gasteiger partial charge in [0.2, 0.25) is 0 Å². The van der Waals surface area contributed by atoms with Gasteiger partial charge in [-0.05, 0) is 110 Å². The molecular formula is C30H41N3. The predicted molar refractivity (Wildman–Crippen MR) is 143 cm³/mol. The Balaban J connectivity index is 1.82. The van der Waals surface area contributed by atoms with Gasteiger partial charge in [-0.3, -0.25) is 4.99 Å². The van der Waals surface area contributed by atoms with Crippen LogP contribution in [0.5, 0.6) is 0 Å². The summed E-state index contributed by atoms with van der Waals surface area (Å²) in [4.78, 5) is 9.18. The third kappa shape index (κ3) is 5.30. The summed E-state index contributed by atoms with van der Waals surface area (Å²) in [5.74, 6) is 1.14. The summed E-state index contributed by atoms with van der Waals surface area (Å²) >= 11 is 0. The Morgan fingerprint density at radius 1 is 1.12 bits per heavy atom. The van der Waals surface area contributed by atoms with Crippen molar-refractivity contribution < 1.29 is 0 Å². The summed E-state index contributed by atoms with van der Waals surface area (Å²) in [5.41, 5.74) is 11.2. The lowest BCUT2D eigenvalue weighted by Gasteiger charge is -2.27. The standard InChI is InChI=1S/C30H41N3/c1-6-8-26(25-9-7-10-28-30(22(5)17-25)33-19-32-28)29(20(2)3)27-18-24(12-11-21(27)4)23-13-15-31-16-14-23/h9,11-12,17-20,23,28,31H,6-8,10,13-16H2,1-5H3/b22-17-,25-9+,29-26+. The molecule has 0 saturated carbocycles. The van der Waals surface area contributed by atoms with Crippen LogP contribution < -0.4 is 5.32 Å². The van der Waals surface area contributed by atoms with Crippen molar-refractivity contribution in [3.05, 3.63) is 63.8 Å². The fraction of sp³-hybridized carbons (Fsp3) is 0.533. The number of nitrogens with one attached hydrogen (secondary N) is 1. The van der Waals surface area contributed by atoms with Crippen LogP contribution in [-0.4, -0.2) is 31.2 Å². The minimum absolute atomic E-state index is 0.242. The van der Waals surface area contributed by atoms with Crippen LogP contribution in [0.25, 0.3) is 5.57 Å². The van der Waals surface area contributed by atoms with Gasteiger partial charge >= 0.3 is 0 Å². The molecule has 4 rings (SSSR count). The fourth-order valence-electron chi connectivity index (χ4n) is 5.73. The first-order valence-electron chi connectivity index (χ1n) is 13.0. The van der Waals surface area contributed by atoms with Crippen LogP contribution in [0.4, 0.5) is 0 Å². The molecule has 176 valence electrons. The van der Waals surface area contributed by atoms with Crippen molar-refractivity contribution in [2.24, 2.45) is 15.9 Å². The van der Waals surface area contributed by atoms with Crippen LogP contribution >= 0.6 is 0 Å². The number of rotatable bonds is 6. The van der Waals surface area contributed by atoms with E-state index in [4.69, 9.17) is 0 Å². The van der Waals surface area contributed by atoms with Crippen LogP contribution in [-0.2, 0) is 0 Å². The van der Waals surface area contributed by atoms with Gasteiger partial charge < -0.3 is 5.32 Å². The van der Waals surface area contributed by atoms with Gasteiger partial charge in [0.25, 0.3) is 0 Å². The van der Waals surface area contributed by atoms with E-state index >= 15 is 0 Å². The summed E-state index contributed by atoms with van der Waals surface area (Å²) in [6.07, 6.45) is 13.4. The molecule has 0 spiro atoms. The molecule has 3 nitrogen and oxygen atoms in total. The third-order valence-electron chi connectivity index (χ3n) is 7.45. The Bertz CT molecular complexity index is 1010. The van der Waals surface area contributed by atoms with Gasteiger partial charge in [0.1, 0.15) is 6.34 Å². The first-order valence-corrected chi connectivity index (χ1v) is 13.0. The first kappa shape index (κ1) is 23.9. The molecule has 1 unspecified atom stereocenters. The van der Waals surface area contributed by atoms with E-state index in [0.717, 1.165) is 44.5 Å². The summed E-state index contributed by atoms with van der Waals surface area (Å²) < 4.78 is 0. The number of hydrogen-bond donors (Lipinski definition) is 1. The minimum Gasteiger partial charge on any atom is -0.317 e. The van der Waals surface area contributed by atoms with Crippen LogP contribution in [0.1, 0.15) is 88.8 Å². The molecule has 1 N–H and O–H groups in total. The average molecular weight is 444 g/mol. The van der Waals surface area contributed by atoms with E-state index in [1.165, 1.54) is 51.8 Å². The molecule has 0 radical (unpaired) electrons. The number of aliphatic imine (C=N–C) groups is 2. The lowest BCUT2D eigenvalue weighted by molar-refractivity contribution is 0.460. The molecule has 33 heavy (non-hydrogen) atoms. The van der Waals surface area contributed by atoms with Crippen molar-refractivity contribution in [2.75, 3.05) is 13.1 Å². The Hall–Kier alpha value is -2.26. The Labute approximate surface area is 200 Å². The summed E-state index contributed by atoms with van der Waals surface area (Å²) in [7, 11) is 0. The number of piperidine rings is 1. The van der Waals surface area contributed by atoms with Gasteiger partial charge in [0.05, 0.1) is 11.8 Å². The molecule has 1 saturated heterocycles.